The minimum Gasteiger partial charge on any atom is -0.465 e. The van der Waals surface area contributed by atoms with Crippen LogP contribution in [0.5, 0.6) is 0 Å². The molecular formula is C12H12N4O. The van der Waals surface area contributed by atoms with Crippen LogP contribution in [0.15, 0.2) is 41.1 Å². The Balaban J connectivity index is 1.76. The third-order valence-corrected chi connectivity index (χ3v) is 2.50. The number of aromatic nitrogens is 3. The molecule has 3 aromatic heterocycles. The molecule has 5 heteroatoms. The first-order chi connectivity index (χ1) is 8.31. The molecule has 0 unspecified atom stereocenters. The summed E-state index contributed by atoms with van der Waals surface area (Å²) >= 11 is 0. The minimum atomic E-state index is 0.630. The summed E-state index contributed by atoms with van der Waals surface area (Å²) in [6.07, 6.45) is 3.60. The molecule has 0 saturated heterocycles. The van der Waals surface area contributed by atoms with Crippen molar-refractivity contribution in [1.82, 2.24) is 14.6 Å². The van der Waals surface area contributed by atoms with Gasteiger partial charge in [-0.05, 0) is 25.1 Å². The van der Waals surface area contributed by atoms with Crippen molar-refractivity contribution in [2.24, 2.45) is 0 Å². The predicted molar refractivity (Wildman–Crippen MR) is 63.8 cm³/mol. The van der Waals surface area contributed by atoms with Crippen molar-refractivity contribution in [2.75, 3.05) is 5.32 Å². The number of nitrogens with one attached hydrogen (secondary N) is 1. The van der Waals surface area contributed by atoms with Crippen LogP contribution in [0.3, 0.4) is 0 Å². The van der Waals surface area contributed by atoms with Crippen molar-refractivity contribution in [1.29, 1.82) is 0 Å². The zero-order valence-corrected chi connectivity index (χ0v) is 9.42. The average Bonchev–Trinajstić information content (AvgIpc) is 2.94. The first kappa shape index (κ1) is 9.89. The number of fused-ring (bicyclic) bond motifs is 1. The molecule has 3 heterocycles. The summed E-state index contributed by atoms with van der Waals surface area (Å²) < 4.78 is 7.19. The summed E-state index contributed by atoms with van der Waals surface area (Å²) in [6, 6.07) is 7.66. The van der Waals surface area contributed by atoms with Gasteiger partial charge in [-0.25, -0.2) is 9.50 Å². The second-order valence-electron chi connectivity index (χ2n) is 3.81. The Bertz CT molecular complexity index is 641. The summed E-state index contributed by atoms with van der Waals surface area (Å²) in [4.78, 5) is 4.40. The molecular weight excluding hydrogens is 216 g/mol. The normalized spacial score (nSPS) is 10.9. The molecule has 0 atom stereocenters. The molecule has 5 nitrogen and oxygen atoms in total. The van der Waals surface area contributed by atoms with E-state index in [4.69, 9.17) is 4.42 Å². The Kier molecular flexibility index (Phi) is 2.29. The van der Waals surface area contributed by atoms with Crippen LogP contribution in [-0.2, 0) is 6.54 Å². The van der Waals surface area contributed by atoms with E-state index in [2.05, 4.69) is 15.4 Å². The van der Waals surface area contributed by atoms with Gasteiger partial charge >= 0.3 is 0 Å². The lowest BCUT2D eigenvalue weighted by Gasteiger charge is -2.03. The SMILES string of the molecule is Cc1ccc(CNc2ccn3nccc3n2)o1. The number of anilines is 1. The summed E-state index contributed by atoms with van der Waals surface area (Å²) in [5.41, 5.74) is 0.825. The van der Waals surface area contributed by atoms with Gasteiger partial charge in [0.15, 0.2) is 5.65 Å². The van der Waals surface area contributed by atoms with E-state index < -0.39 is 0 Å². The smallest absolute Gasteiger partial charge is 0.157 e. The van der Waals surface area contributed by atoms with Crippen LogP contribution in [0.2, 0.25) is 0 Å². The predicted octanol–water partition coefficient (Wildman–Crippen LogP) is 2.24. The van der Waals surface area contributed by atoms with Crippen molar-refractivity contribution >= 4 is 11.5 Å². The Hall–Kier alpha value is -2.30. The molecule has 3 aromatic rings. The molecule has 3 rings (SSSR count). The molecule has 0 aliphatic heterocycles. The highest BCUT2D eigenvalue weighted by molar-refractivity contribution is 5.45. The van der Waals surface area contributed by atoms with Gasteiger partial charge < -0.3 is 9.73 Å². The molecule has 17 heavy (non-hydrogen) atoms. The molecule has 0 bridgehead atoms. The largest absolute Gasteiger partial charge is 0.465 e. The number of rotatable bonds is 3. The lowest BCUT2D eigenvalue weighted by atomic mass is 10.4. The van der Waals surface area contributed by atoms with Crippen molar-refractivity contribution in [2.45, 2.75) is 13.5 Å². The van der Waals surface area contributed by atoms with E-state index in [1.54, 1.807) is 10.7 Å². The Morgan fingerprint density at radius 2 is 2.24 bits per heavy atom. The van der Waals surface area contributed by atoms with Crippen molar-refractivity contribution in [3.05, 3.63) is 48.2 Å². The van der Waals surface area contributed by atoms with Crippen LogP contribution in [0.1, 0.15) is 11.5 Å². The van der Waals surface area contributed by atoms with Gasteiger partial charge in [-0.1, -0.05) is 0 Å². The fourth-order valence-electron chi connectivity index (χ4n) is 1.67. The van der Waals surface area contributed by atoms with E-state index in [1.165, 1.54) is 0 Å². The van der Waals surface area contributed by atoms with Crippen LogP contribution in [0.25, 0.3) is 5.65 Å². The van der Waals surface area contributed by atoms with Crippen LogP contribution in [0.4, 0.5) is 5.82 Å². The van der Waals surface area contributed by atoms with Crippen molar-refractivity contribution < 1.29 is 4.42 Å². The van der Waals surface area contributed by atoms with Crippen LogP contribution in [-0.4, -0.2) is 14.6 Å². The summed E-state index contributed by atoms with van der Waals surface area (Å²) in [5.74, 6) is 2.63. The molecule has 0 aromatic carbocycles. The number of hydrogen-bond acceptors (Lipinski definition) is 4. The molecule has 0 amide bonds. The second-order valence-corrected chi connectivity index (χ2v) is 3.81. The third kappa shape index (κ3) is 1.99. The van der Waals surface area contributed by atoms with E-state index in [1.807, 2.05) is 37.4 Å². The number of furan rings is 1. The zero-order valence-electron chi connectivity index (χ0n) is 9.42. The average molecular weight is 228 g/mol. The van der Waals surface area contributed by atoms with Gasteiger partial charge in [0, 0.05) is 12.3 Å². The van der Waals surface area contributed by atoms with Gasteiger partial charge in [0.2, 0.25) is 0 Å². The van der Waals surface area contributed by atoms with Crippen LogP contribution < -0.4 is 5.32 Å². The van der Waals surface area contributed by atoms with E-state index in [0.717, 1.165) is 23.0 Å². The van der Waals surface area contributed by atoms with Crippen molar-refractivity contribution in [3.63, 3.8) is 0 Å². The Morgan fingerprint density at radius 1 is 1.29 bits per heavy atom. The van der Waals surface area contributed by atoms with Gasteiger partial charge in [0.05, 0.1) is 12.7 Å². The van der Waals surface area contributed by atoms with E-state index in [-0.39, 0.29) is 0 Å². The number of aryl methyl sites for hydroxylation is 1. The van der Waals surface area contributed by atoms with Gasteiger partial charge in [0.25, 0.3) is 0 Å². The standard InChI is InChI=1S/C12H12N4O/c1-9-2-3-10(17-9)8-13-11-5-7-16-12(15-11)4-6-14-16/h2-7H,8H2,1H3,(H,13,15). The summed E-state index contributed by atoms with van der Waals surface area (Å²) in [5, 5.41) is 7.30. The maximum atomic E-state index is 5.47. The Morgan fingerprint density at radius 3 is 3.06 bits per heavy atom. The third-order valence-electron chi connectivity index (χ3n) is 2.50. The highest BCUT2D eigenvalue weighted by Gasteiger charge is 2.01. The van der Waals surface area contributed by atoms with E-state index in [9.17, 15) is 0 Å². The second kappa shape index (κ2) is 3.93. The van der Waals surface area contributed by atoms with Gasteiger partial charge in [0.1, 0.15) is 17.3 Å². The quantitative estimate of drug-likeness (QED) is 0.747. The molecule has 86 valence electrons. The van der Waals surface area contributed by atoms with Crippen LogP contribution in [0, 0.1) is 6.92 Å². The highest BCUT2D eigenvalue weighted by Crippen LogP contribution is 2.10. The monoisotopic (exact) mass is 228 g/mol. The summed E-state index contributed by atoms with van der Waals surface area (Å²) in [7, 11) is 0. The first-order valence-corrected chi connectivity index (χ1v) is 5.41. The van der Waals surface area contributed by atoms with Crippen molar-refractivity contribution in [3.8, 4) is 0 Å². The Labute approximate surface area is 98.1 Å². The first-order valence-electron chi connectivity index (χ1n) is 5.41. The fourth-order valence-corrected chi connectivity index (χ4v) is 1.67. The van der Waals surface area contributed by atoms with Gasteiger partial charge in [-0.3, -0.25) is 0 Å². The molecule has 0 radical (unpaired) electrons. The van der Waals surface area contributed by atoms with Crippen LogP contribution >= 0.6 is 0 Å². The fraction of sp³-hybridized carbons (Fsp3) is 0.167. The molecule has 0 aliphatic rings. The zero-order chi connectivity index (χ0) is 11.7. The van der Waals surface area contributed by atoms with Gasteiger partial charge in [-0.2, -0.15) is 5.10 Å². The number of hydrogen-bond donors (Lipinski definition) is 1. The van der Waals surface area contributed by atoms with E-state index in [0.29, 0.717) is 6.54 Å². The molecule has 0 saturated carbocycles. The molecule has 0 fully saturated rings. The lowest BCUT2D eigenvalue weighted by Crippen LogP contribution is -2.01. The topological polar surface area (TPSA) is 55.4 Å². The number of nitrogens with zero attached hydrogens (tertiary/aromatic N) is 3. The minimum absolute atomic E-state index is 0.630. The van der Waals surface area contributed by atoms with E-state index >= 15 is 0 Å². The highest BCUT2D eigenvalue weighted by atomic mass is 16.3. The maximum Gasteiger partial charge on any atom is 0.157 e. The lowest BCUT2D eigenvalue weighted by molar-refractivity contribution is 0.490. The van der Waals surface area contributed by atoms with Gasteiger partial charge in [-0.15, -0.1) is 0 Å². The molecule has 0 spiro atoms. The summed E-state index contributed by atoms with van der Waals surface area (Å²) in [6.45, 7) is 2.56. The maximum absolute atomic E-state index is 5.47. The molecule has 0 aliphatic carbocycles. The molecule has 1 N–H and O–H groups in total.